The van der Waals surface area contributed by atoms with Gasteiger partial charge in [0.25, 0.3) is 0 Å². The van der Waals surface area contributed by atoms with Crippen molar-refractivity contribution in [2.24, 2.45) is 0 Å². The Balaban J connectivity index is 2.07. The van der Waals surface area contributed by atoms with E-state index in [0.717, 1.165) is 25.0 Å². The zero-order valence-corrected chi connectivity index (χ0v) is 12.2. The molecule has 4 nitrogen and oxygen atoms in total. The van der Waals surface area contributed by atoms with Crippen molar-refractivity contribution in [3.8, 4) is 5.75 Å². The summed E-state index contributed by atoms with van der Waals surface area (Å²) in [5.41, 5.74) is 0.391. The van der Waals surface area contributed by atoms with Gasteiger partial charge in [-0.2, -0.15) is 0 Å². The fourth-order valence-corrected chi connectivity index (χ4v) is 2.88. The van der Waals surface area contributed by atoms with Crippen LogP contribution in [0.25, 0.3) is 0 Å². The van der Waals surface area contributed by atoms with Crippen LogP contribution in [-0.4, -0.2) is 29.8 Å². The monoisotopic (exact) mass is 277 g/mol. The van der Waals surface area contributed by atoms with Crippen molar-refractivity contribution in [2.75, 3.05) is 7.05 Å². The van der Waals surface area contributed by atoms with Crippen LogP contribution in [0.1, 0.15) is 38.2 Å². The molecule has 2 unspecified atom stereocenters. The summed E-state index contributed by atoms with van der Waals surface area (Å²) in [5.74, 6) is 0.0576. The molecule has 0 aromatic heterocycles. The summed E-state index contributed by atoms with van der Waals surface area (Å²) in [6, 6.07) is 8.04. The standard InChI is InChI=1S/C16H23NO3/c1-3-12-6-4-7-13(10-12)20-14-8-5-9-16(11-14,17-2)15(18)19/h4,6-7,10,14,17H,3,5,8-9,11H2,1-2H3,(H,18,19). The number of carboxylic acids is 1. The van der Waals surface area contributed by atoms with Crippen molar-refractivity contribution in [1.29, 1.82) is 0 Å². The van der Waals surface area contributed by atoms with Crippen LogP contribution in [0.2, 0.25) is 0 Å². The van der Waals surface area contributed by atoms with Crippen molar-refractivity contribution in [1.82, 2.24) is 5.32 Å². The molecule has 1 aliphatic carbocycles. The minimum absolute atomic E-state index is 0.0422. The quantitative estimate of drug-likeness (QED) is 0.868. The maximum atomic E-state index is 11.5. The highest BCUT2D eigenvalue weighted by Crippen LogP contribution is 2.31. The molecule has 1 saturated carbocycles. The minimum Gasteiger partial charge on any atom is -0.490 e. The highest BCUT2D eigenvalue weighted by molar-refractivity contribution is 5.79. The van der Waals surface area contributed by atoms with E-state index in [2.05, 4.69) is 18.3 Å². The fraction of sp³-hybridized carbons (Fsp3) is 0.562. The molecule has 1 aliphatic rings. The van der Waals surface area contributed by atoms with Gasteiger partial charge in [0.15, 0.2) is 0 Å². The first kappa shape index (κ1) is 14.9. The van der Waals surface area contributed by atoms with Gasteiger partial charge >= 0.3 is 5.97 Å². The summed E-state index contributed by atoms with van der Waals surface area (Å²) in [4.78, 5) is 11.5. The minimum atomic E-state index is -0.842. The molecule has 0 spiro atoms. The maximum absolute atomic E-state index is 11.5. The molecule has 1 aromatic rings. The van der Waals surface area contributed by atoms with E-state index in [1.54, 1.807) is 7.05 Å². The lowest BCUT2D eigenvalue weighted by Gasteiger charge is -2.37. The van der Waals surface area contributed by atoms with Crippen molar-refractivity contribution in [3.63, 3.8) is 0 Å². The molecule has 0 amide bonds. The predicted octanol–water partition coefficient (Wildman–Crippen LogP) is 2.61. The van der Waals surface area contributed by atoms with Gasteiger partial charge in [0, 0.05) is 6.42 Å². The van der Waals surface area contributed by atoms with Gasteiger partial charge in [-0.15, -0.1) is 0 Å². The second kappa shape index (κ2) is 6.27. The van der Waals surface area contributed by atoms with Crippen LogP contribution in [0.5, 0.6) is 5.75 Å². The summed E-state index contributed by atoms with van der Waals surface area (Å²) < 4.78 is 6.00. The second-order valence-corrected chi connectivity index (χ2v) is 5.47. The lowest BCUT2D eigenvalue weighted by Crippen LogP contribution is -2.55. The maximum Gasteiger partial charge on any atom is 0.324 e. The van der Waals surface area contributed by atoms with Gasteiger partial charge in [0.05, 0.1) is 0 Å². The van der Waals surface area contributed by atoms with Crippen LogP contribution in [0, 0.1) is 0 Å². The molecule has 2 atom stereocenters. The zero-order chi connectivity index (χ0) is 14.6. The van der Waals surface area contributed by atoms with Crippen LogP contribution in [0.4, 0.5) is 0 Å². The van der Waals surface area contributed by atoms with Crippen molar-refractivity contribution in [3.05, 3.63) is 29.8 Å². The van der Waals surface area contributed by atoms with Crippen molar-refractivity contribution < 1.29 is 14.6 Å². The molecule has 110 valence electrons. The molecule has 2 N–H and O–H groups in total. The number of rotatable bonds is 5. The number of likely N-dealkylation sites (N-methyl/N-ethyl adjacent to an activating group) is 1. The van der Waals surface area contributed by atoms with E-state index >= 15 is 0 Å². The summed E-state index contributed by atoms with van der Waals surface area (Å²) in [5, 5.41) is 12.4. The number of carboxylic acid groups (broad SMARTS) is 1. The summed E-state index contributed by atoms with van der Waals surface area (Å²) in [6.07, 6.45) is 3.87. The zero-order valence-electron chi connectivity index (χ0n) is 12.2. The number of hydrogen-bond acceptors (Lipinski definition) is 3. The Kier molecular flexibility index (Phi) is 4.65. The molecule has 1 fully saturated rings. The molecule has 2 rings (SSSR count). The highest BCUT2D eigenvalue weighted by Gasteiger charge is 2.42. The lowest BCUT2D eigenvalue weighted by molar-refractivity contribution is -0.147. The van der Waals surface area contributed by atoms with Crippen LogP contribution in [-0.2, 0) is 11.2 Å². The summed E-state index contributed by atoms with van der Waals surface area (Å²) >= 11 is 0. The number of benzene rings is 1. The molecule has 0 heterocycles. The molecular weight excluding hydrogens is 254 g/mol. The van der Waals surface area contributed by atoms with E-state index in [0.29, 0.717) is 12.8 Å². The number of nitrogens with one attached hydrogen (secondary N) is 1. The molecule has 0 aliphatic heterocycles. The van der Waals surface area contributed by atoms with E-state index < -0.39 is 11.5 Å². The van der Waals surface area contributed by atoms with Gasteiger partial charge < -0.3 is 15.2 Å². The van der Waals surface area contributed by atoms with Crippen LogP contribution in [0.3, 0.4) is 0 Å². The van der Waals surface area contributed by atoms with Crippen LogP contribution >= 0.6 is 0 Å². The van der Waals surface area contributed by atoms with Gasteiger partial charge in [-0.25, -0.2) is 0 Å². The normalized spacial score (nSPS) is 26.2. The van der Waals surface area contributed by atoms with E-state index in [9.17, 15) is 9.90 Å². The number of hydrogen-bond donors (Lipinski definition) is 2. The molecule has 20 heavy (non-hydrogen) atoms. The third-order valence-corrected chi connectivity index (χ3v) is 4.20. The largest absolute Gasteiger partial charge is 0.490 e. The highest BCUT2D eigenvalue weighted by atomic mass is 16.5. The van der Waals surface area contributed by atoms with Crippen LogP contribution in [0.15, 0.2) is 24.3 Å². The van der Waals surface area contributed by atoms with Gasteiger partial charge in [0.2, 0.25) is 0 Å². The summed E-state index contributed by atoms with van der Waals surface area (Å²) in [6.45, 7) is 2.11. The first-order chi connectivity index (χ1) is 9.59. The molecule has 4 heteroatoms. The smallest absolute Gasteiger partial charge is 0.324 e. The van der Waals surface area contributed by atoms with E-state index in [1.165, 1.54) is 5.56 Å². The fourth-order valence-electron chi connectivity index (χ4n) is 2.88. The Morgan fingerprint density at radius 2 is 2.35 bits per heavy atom. The Morgan fingerprint density at radius 1 is 1.55 bits per heavy atom. The second-order valence-electron chi connectivity index (χ2n) is 5.47. The van der Waals surface area contributed by atoms with E-state index in [-0.39, 0.29) is 6.10 Å². The lowest BCUT2D eigenvalue weighted by atomic mass is 9.80. The first-order valence-corrected chi connectivity index (χ1v) is 7.27. The Labute approximate surface area is 120 Å². The van der Waals surface area contributed by atoms with Crippen molar-refractivity contribution in [2.45, 2.75) is 50.7 Å². The predicted molar refractivity (Wildman–Crippen MR) is 78.1 cm³/mol. The van der Waals surface area contributed by atoms with Gasteiger partial charge in [-0.05, 0) is 50.4 Å². The molecule has 0 radical (unpaired) electrons. The van der Waals surface area contributed by atoms with Gasteiger partial charge in [-0.1, -0.05) is 19.1 Å². The average molecular weight is 277 g/mol. The summed E-state index contributed by atoms with van der Waals surface area (Å²) in [7, 11) is 1.72. The Bertz CT molecular complexity index is 475. The Morgan fingerprint density at radius 3 is 3.00 bits per heavy atom. The number of carbonyl (C=O) groups is 1. The molecule has 0 bridgehead atoms. The molecule has 1 aromatic carbocycles. The van der Waals surface area contributed by atoms with Gasteiger partial charge in [0.1, 0.15) is 17.4 Å². The topological polar surface area (TPSA) is 58.6 Å². The van der Waals surface area contributed by atoms with E-state index in [1.807, 2.05) is 18.2 Å². The average Bonchev–Trinajstić information content (AvgIpc) is 2.47. The third-order valence-electron chi connectivity index (χ3n) is 4.20. The molecular formula is C16H23NO3. The number of aryl methyl sites for hydroxylation is 1. The van der Waals surface area contributed by atoms with Gasteiger partial charge in [-0.3, -0.25) is 4.79 Å². The number of aliphatic carboxylic acids is 1. The SMILES string of the molecule is CCc1cccc(OC2CCCC(NC)(C(=O)O)C2)c1. The van der Waals surface area contributed by atoms with Crippen molar-refractivity contribution >= 4 is 5.97 Å². The first-order valence-electron chi connectivity index (χ1n) is 7.27. The van der Waals surface area contributed by atoms with E-state index in [4.69, 9.17) is 4.74 Å². The number of ether oxygens (including phenoxy) is 1. The molecule has 0 saturated heterocycles. The Hall–Kier alpha value is -1.55. The van der Waals surface area contributed by atoms with Crippen LogP contribution < -0.4 is 10.1 Å². The third kappa shape index (κ3) is 3.12.